The summed E-state index contributed by atoms with van der Waals surface area (Å²) in [4.78, 5) is 0. The van der Waals surface area contributed by atoms with Crippen molar-refractivity contribution >= 4 is 18.4 Å². The fraction of sp³-hybridized carbons (Fsp3) is 1.00. The average molecular weight is 268 g/mol. The Balaban J connectivity index is 4.26. The van der Waals surface area contributed by atoms with Gasteiger partial charge in [0, 0.05) is 0 Å². The fourth-order valence-electron chi connectivity index (χ4n) is 0.868. The molecule has 0 aliphatic carbocycles. The summed E-state index contributed by atoms with van der Waals surface area (Å²) < 4.78 is 32.5. The van der Waals surface area contributed by atoms with E-state index in [4.69, 9.17) is 8.61 Å². The molecule has 98 valence electrons. The highest BCUT2D eigenvalue weighted by Gasteiger charge is 2.37. The zero-order chi connectivity index (χ0) is 13.2. The molecule has 0 aromatic carbocycles. The van der Waals surface area contributed by atoms with Gasteiger partial charge in [0.15, 0.2) is 8.32 Å². The molecule has 1 atom stereocenters. The van der Waals surface area contributed by atoms with Crippen LogP contribution in [0.25, 0.3) is 0 Å². The van der Waals surface area contributed by atoms with Gasteiger partial charge in [-0.2, -0.15) is 8.42 Å². The van der Waals surface area contributed by atoms with Crippen LogP contribution in [0.5, 0.6) is 0 Å². The lowest BCUT2D eigenvalue weighted by molar-refractivity contribution is 0.140. The molecule has 0 saturated heterocycles. The van der Waals surface area contributed by atoms with Crippen LogP contribution in [0.15, 0.2) is 0 Å². The Bertz CT molecular complexity index is 316. The molecule has 6 heteroatoms. The predicted octanol–water partition coefficient (Wildman–Crippen LogP) is 2.37. The van der Waals surface area contributed by atoms with Crippen molar-refractivity contribution < 1.29 is 17.0 Å². The van der Waals surface area contributed by atoms with Gasteiger partial charge in [-0.1, -0.05) is 20.8 Å². The summed E-state index contributed by atoms with van der Waals surface area (Å²) in [5, 5.41) is 0.123. The highest BCUT2D eigenvalue weighted by molar-refractivity contribution is 7.86. The maximum absolute atomic E-state index is 10.9. The van der Waals surface area contributed by atoms with E-state index in [-0.39, 0.29) is 5.04 Å². The van der Waals surface area contributed by atoms with Crippen LogP contribution >= 0.6 is 0 Å². The van der Waals surface area contributed by atoms with Crippen LogP contribution in [0.3, 0.4) is 0 Å². The molecule has 0 aromatic rings. The molecule has 0 aliphatic rings. The van der Waals surface area contributed by atoms with E-state index >= 15 is 0 Å². The molecule has 0 rings (SSSR count). The minimum absolute atomic E-state index is 0.123. The van der Waals surface area contributed by atoms with Crippen molar-refractivity contribution in [2.75, 3.05) is 12.9 Å². The first-order valence-corrected chi connectivity index (χ1v) is 10.1. The summed E-state index contributed by atoms with van der Waals surface area (Å²) in [6, 6.07) is 0. The second kappa shape index (κ2) is 5.16. The summed E-state index contributed by atoms with van der Waals surface area (Å²) in [6.07, 6.45) is 0.625. The number of hydrogen-bond donors (Lipinski definition) is 0. The Hall–Kier alpha value is 0.0869. The quantitative estimate of drug-likeness (QED) is 0.567. The normalized spacial score (nSPS) is 16.2. The molecule has 0 radical (unpaired) electrons. The van der Waals surface area contributed by atoms with Crippen LogP contribution in [-0.2, 0) is 18.7 Å². The Morgan fingerprint density at radius 2 is 1.69 bits per heavy atom. The Morgan fingerprint density at radius 1 is 1.25 bits per heavy atom. The first kappa shape index (κ1) is 16.1. The molecule has 4 nitrogen and oxygen atoms in total. The molecule has 0 saturated carbocycles. The van der Waals surface area contributed by atoms with Gasteiger partial charge in [-0.15, -0.1) is 0 Å². The third-order valence-electron chi connectivity index (χ3n) is 2.82. The molecule has 0 amide bonds. The Labute approximate surface area is 101 Å². The van der Waals surface area contributed by atoms with Crippen LogP contribution in [0.4, 0.5) is 0 Å². The molecule has 0 bridgehead atoms. The van der Waals surface area contributed by atoms with Gasteiger partial charge in [-0.3, -0.25) is 4.18 Å². The van der Waals surface area contributed by atoms with Crippen LogP contribution in [0.2, 0.25) is 18.1 Å². The summed E-state index contributed by atoms with van der Waals surface area (Å²) in [5.74, 6) is 0. The topological polar surface area (TPSA) is 52.6 Å². The van der Waals surface area contributed by atoms with Crippen molar-refractivity contribution in [2.24, 2.45) is 0 Å². The minimum Gasteiger partial charge on any atom is -0.414 e. The van der Waals surface area contributed by atoms with Gasteiger partial charge < -0.3 is 4.43 Å². The smallest absolute Gasteiger partial charge is 0.264 e. The van der Waals surface area contributed by atoms with Gasteiger partial charge in [-0.25, -0.2) is 0 Å². The molecule has 0 aliphatic heterocycles. The van der Waals surface area contributed by atoms with E-state index < -0.39 is 24.5 Å². The van der Waals surface area contributed by atoms with E-state index in [0.717, 1.165) is 6.26 Å². The average Bonchev–Trinajstić information content (AvgIpc) is 1.95. The molecule has 0 spiro atoms. The molecule has 0 N–H and O–H groups in total. The van der Waals surface area contributed by atoms with E-state index in [2.05, 4.69) is 33.9 Å². The zero-order valence-corrected chi connectivity index (χ0v) is 13.1. The van der Waals surface area contributed by atoms with Gasteiger partial charge in [0.25, 0.3) is 10.1 Å². The van der Waals surface area contributed by atoms with Crippen molar-refractivity contribution in [3.8, 4) is 0 Å². The lowest BCUT2D eigenvalue weighted by Gasteiger charge is -2.36. The maximum atomic E-state index is 10.9. The first-order chi connectivity index (χ1) is 6.85. The number of hydrogen-bond acceptors (Lipinski definition) is 4. The molecule has 0 heterocycles. The van der Waals surface area contributed by atoms with E-state index in [1.165, 1.54) is 0 Å². The summed E-state index contributed by atoms with van der Waals surface area (Å²) in [6.45, 7) is 12.7. The third-order valence-corrected chi connectivity index (χ3v) is 8.00. The highest BCUT2D eigenvalue weighted by atomic mass is 32.2. The van der Waals surface area contributed by atoms with Crippen LogP contribution in [0, 0.1) is 0 Å². The van der Waals surface area contributed by atoms with Gasteiger partial charge in [0.05, 0.1) is 19.0 Å². The maximum Gasteiger partial charge on any atom is 0.264 e. The largest absolute Gasteiger partial charge is 0.414 e. The molecule has 1 unspecified atom stereocenters. The molecule has 0 fully saturated rings. The monoisotopic (exact) mass is 268 g/mol. The van der Waals surface area contributed by atoms with Crippen molar-refractivity contribution in [1.29, 1.82) is 0 Å². The first-order valence-electron chi connectivity index (χ1n) is 5.37. The predicted molar refractivity (Wildman–Crippen MR) is 68.5 cm³/mol. The Morgan fingerprint density at radius 3 is 2.00 bits per heavy atom. The second-order valence-electron chi connectivity index (χ2n) is 5.68. The number of rotatable bonds is 5. The molecular weight excluding hydrogens is 244 g/mol. The fourth-order valence-corrected chi connectivity index (χ4v) is 2.61. The molecule has 16 heavy (non-hydrogen) atoms. The SMILES string of the molecule is CC(CO[Si](C)(C)C(C)(C)C)OS(C)(=O)=O. The lowest BCUT2D eigenvalue weighted by Crippen LogP contribution is -2.42. The highest BCUT2D eigenvalue weighted by Crippen LogP contribution is 2.36. The van der Waals surface area contributed by atoms with E-state index in [0.29, 0.717) is 6.61 Å². The molecular formula is C10H24O4SSi. The molecule has 0 aromatic heterocycles. The van der Waals surface area contributed by atoms with Crippen LogP contribution in [0.1, 0.15) is 27.7 Å². The van der Waals surface area contributed by atoms with Gasteiger partial charge in [-0.05, 0) is 25.1 Å². The van der Waals surface area contributed by atoms with Gasteiger partial charge in [0.2, 0.25) is 0 Å². The van der Waals surface area contributed by atoms with Crippen molar-refractivity contribution in [1.82, 2.24) is 0 Å². The zero-order valence-electron chi connectivity index (χ0n) is 11.3. The van der Waals surface area contributed by atoms with Gasteiger partial charge in [0.1, 0.15) is 0 Å². The summed E-state index contributed by atoms with van der Waals surface area (Å²) in [7, 11) is -5.21. The summed E-state index contributed by atoms with van der Waals surface area (Å²) in [5.41, 5.74) is 0. The van der Waals surface area contributed by atoms with E-state index in [1.807, 2.05) is 0 Å². The van der Waals surface area contributed by atoms with E-state index in [9.17, 15) is 8.42 Å². The van der Waals surface area contributed by atoms with Crippen LogP contribution in [-0.4, -0.2) is 35.7 Å². The van der Waals surface area contributed by atoms with Gasteiger partial charge >= 0.3 is 0 Å². The minimum atomic E-state index is -3.39. The Kier molecular flexibility index (Phi) is 5.19. The lowest BCUT2D eigenvalue weighted by atomic mass is 10.2. The van der Waals surface area contributed by atoms with E-state index in [1.54, 1.807) is 6.92 Å². The summed E-state index contributed by atoms with van der Waals surface area (Å²) >= 11 is 0. The third kappa shape index (κ3) is 5.98. The second-order valence-corrected chi connectivity index (χ2v) is 12.1. The standard InChI is InChI=1S/C10H24O4SSi/c1-9(14-15(5,11)12)8-13-16(6,7)10(2,3)4/h9H,8H2,1-7H3. The van der Waals surface area contributed by atoms with Crippen molar-refractivity contribution in [3.63, 3.8) is 0 Å². The van der Waals surface area contributed by atoms with Crippen LogP contribution < -0.4 is 0 Å². The van der Waals surface area contributed by atoms with Crippen molar-refractivity contribution in [2.45, 2.75) is 51.9 Å². The van der Waals surface area contributed by atoms with Crippen molar-refractivity contribution in [3.05, 3.63) is 0 Å².